The average molecular weight is 322 g/mol. The van der Waals surface area contributed by atoms with Crippen LogP contribution in [-0.4, -0.2) is 41.7 Å². The van der Waals surface area contributed by atoms with E-state index >= 15 is 0 Å². The smallest absolute Gasteiger partial charge is 0.264 e. The minimum absolute atomic E-state index is 0.288. The molecule has 4 rings (SSSR count). The van der Waals surface area contributed by atoms with Gasteiger partial charge >= 0.3 is 0 Å². The molecule has 1 amide bonds. The molecule has 0 saturated carbocycles. The number of nitrogens with one attached hydrogen (secondary N) is 1. The van der Waals surface area contributed by atoms with E-state index in [1.807, 2.05) is 11.8 Å². The van der Waals surface area contributed by atoms with Crippen LogP contribution < -0.4 is 5.32 Å². The molecule has 3 aliphatic rings. The number of thioether (sulfide) groups is 1. The van der Waals surface area contributed by atoms with Gasteiger partial charge in [0.25, 0.3) is 5.91 Å². The number of carbonyl (C=O) groups is 1. The largest absolute Gasteiger partial charge is 0.333 e. The highest BCUT2D eigenvalue weighted by Crippen LogP contribution is 2.34. The van der Waals surface area contributed by atoms with Gasteiger partial charge < -0.3 is 10.2 Å². The number of amides is 1. The molecule has 2 atom stereocenters. The van der Waals surface area contributed by atoms with Crippen LogP contribution in [0, 0.1) is 0 Å². The summed E-state index contributed by atoms with van der Waals surface area (Å²) in [7, 11) is 0. The predicted octanol–water partition coefficient (Wildman–Crippen LogP) is 2.89. The summed E-state index contributed by atoms with van der Waals surface area (Å²) < 4.78 is 0. The molecule has 21 heavy (non-hydrogen) atoms. The molecule has 0 aromatic carbocycles. The number of aryl methyl sites for hydroxylation is 1. The molecule has 5 heteroatoms. The van der Waals surface area contributed by atoms with Crippen LogP contribution in [0.5, 0.6) is 0 Å². The normalized spacial score (nSPS) is 28.9. The Labute approximate surface area is 134 Å². The number of thiophene rings is 1. The van der Waals surface area contributed by atoms with Gasteiger partial charge in [0.05, 0.1) is 4.88 Å². The van der Waals surface area contributed by atoms with E-state index in [0.717, 1.165) is 36.6 Å². The molecular weight excluding hydrogens is 300 g/mol. The summed E-state index contributed by atoms with van der Waals surface area (Å²) in [6.07, 6.45) is 5.96. The van der Waals surface area contributed by atoms with Crippen molar-refractivity contribution in [2.24, 2.45) is 0 Å². The Kier molecular flexibility index (Phi) is 3.98. The summed E-state index contributed by atoms with van der Waals surface area (Å²) >= 11 is 3.74. The van der Waals surface area contributed by atoms with Crippen molar-refractivity contribution in [2.75, 3.05) is 18.8 Å². The zero-order chi connectivity index (χ0) is 14.2. The maximum Gasteiger partial charge on any atom is 0.264 e. The highest BCUT2D eigenvalue weighted by Gasteiger charge is 2.36. The first-order chi connectivity index (χ1) is 10.3. The van der Waals surface area contributed by atoms with Gasteiger partial charge in [-0.2, -0.15) is 11.8 Å². The highest BCUT2D eigenvalue weighted by molar-refractivity contribution is 7.98. The van der Waals surface area contributed by atoms with E-state index < -0.39 is 0 Å². The third kappa shape index (κ3) is 2.64. The first-order valence-electron chi connectivity index (χ1n) is 8.06. The summed E-state index contributed by atoms with van der Waals surface area (Å²) in [6.45, 7) is 2.06. The first kappa shape index (κ1) is 14.1. The SMILES string of the molecule is O=C(c1cc2c(s1)CCSC2)N1CCCC1C1CCCN1. The fraction of sp³-hybridized carbons (Fsp3) is 0.688. The fourth-order valence-electron chi connectivity index (χ4n) is 3.90. The molecule has 2 saturated heterocycles. The molecule has 0 bridgehead atoms. The summed E-state index contributed by atoms with van der Waals surface area (Å²) in [4.78, 5) is 17.5. The number of likely N-dealkylation sites (tertiary alicyclic amines) is 1. The third-order valence-electron chi connectivity index (χ3n) is 4.96. The van der Waals surface area contributed by atoms with E-state index in [4.69, 9.17) is 0 Å². The number of hydrogen-bond donors (Lipinski definition) is 1. The molecule has 0 spiro atoms. The van der Waals surface area contributed by atoms with Crippen LogP contribution in [0.2, 0.25) is 0 Å². The highest BCUT2D eigenvalue weighted by atomic mass is 32.2. The monoisotopic (exact) mass is 322 g/mol. The second kappa shape index (κ2) is 5.94. The van der Waals surface area contributed by atoms with Crippen molar-refractivity contribution in [3.63, 3.8) is 0 Å². The molecule has 1 aromatic heterocycles. The molecule has 3 nitrogen and oxygen atoms in total. The predicted molar refractivity (Wildman–Crippen MR) is 89.3 cm³/mol. The lowest BCUT2D eigenvalue weighted by Crippen LogP contribution is -2.46. The van der Waals surface area contributed by atoms with Crippen molar-refractivity contribution >= 4 is 29.0 Å². The van der Waals surface area contributed by atoms with E-state index in [1.54, 1.807) is 11.3 Å². The van der Waals surface area contributed by atoms with Gasteiger partial charge in [0.15, 0.2) is 0 Å². The van der Waals surface area contributed by atoms with Crippen molar-refractivity contribution in [3.05, 3.63) is 21.4 Å². The number of carbonyl (C=O) groups excluding carboxylic acids is 1. The third-order valence-corrected chi connectivity index (χ3v) is 7.19. The van der Waals surface area contributed by atoms with Gasteiger partial charge in [0, 0.05) is 29.3 Å². The number of rotatable bonds is 2. The lowest BCUT2D eigenvalue weighted by atomic mass is 10.0. The van der Waals surface area contributed by atoms with Crippen LogP contribution in [0.25, 0.3) is 0 Å². The molecule has 0 radical (unpaired) electrons. The number of fused-ring (bicyclic) bond motifs is 1. The zero-order valence-corrected chi connectivity index (χ0v) is 13.9. The van der Waals surface area contributed by atoms with E-state index in [0.29, 0.717) is 12.1 Å². The minimum Gasteiger partial charge on any atom is -0.333 e. The summed E-state index contributed by atoms with van der Waals surface area (Å²) in [5.74, 6) is 2.59. The van der Waals surface area contributed by atoms with E-state index in [1.165, 1.54) is 35.5 Å². The Morgan fingerprint density at radius 1 is 1.33 bits per heavy atom. The summed E-state index contributed by atoms with van der Waals surface area (Å²) in [6, 6.07) is 3.13. The Hall–Kier alpha value is -0.520. The van der Waals surface area contributed by atoms with Crippen LogP contribution in [0.1, 0.15) is 45.8 Å². The van der Waals surface area contributed by atoms with Gasteiger partial charge in [-0.15, -0.1) is 11.3 Å². The second-order valence-electron chi connectivity index (χ2n) is 6.27. The number of nitrogens with zero attached hydrogens (tertiary/aromatic N) is 1. The van der Waals surface area contributed by atoms with Gasteiger partial charge in [0.1, 0.15) is 0 Å². The Morgan fingerprint density at radius 2 is 2.29 bits per heavy atom. The standard InChI is InChI=1S/C16H22N2OS2/c19-16(15-9-11-10-20-8-5-14(11)21-15)18-7-2-4-13(18)12-3-1-6-17-12/h9,12-13,17H,1-8,10H2. The van der Waals surface area contributed by atoms with E-state index in [2.05, 4.69) is 16.3 Å². The Morgan fingerprint density at radius 3 is 3.10 bits per heavy atom. The van der Waals surface area contributed by atoms with Crippen molar-refractivity contribution in [2.45, 2.75) is 49.9 Å². The maximum absolute atomic E-state index is 12.9. The quantitative estimate of drug-likeness (QED) is 0.909. The van der Waals surface area contributed by atoms with E-state index in [-0.39, 0.29) is 5.91 Å². The summed E-state index contributed by atoms with van der Waals surface area (Å²) in [5.41, 5.74) is 1.41. The van der Waals surface area contributed by atoms with Crippen LogP contribution >= 0.6 is 23.1 Å². The van der Waals surface area contributed by atoms with Gasteiger partial charge in [-0.25, -0.2) is 0 Å². The van der Waals surface area contributed by atoms with E-state index in [9.17, 15) is 4.79 Å². The fourth-order valence-corrected chi connectivity index (χ4v) is 6.23. The van der Waals surface area contributed by atoms with Gasteiger partial charge in [0.2, 0.25) is 0 Å². The van der Waals surface area contributed by atoms with Crippen LogP contribution in [0.15, 0.2) is 6.07 Å². The molecule has 2 unspecified atom stereocenters. The topological polar surface area (TPSA) is 32.3 Å². The van der Waals surface area contributed by atoms with Gasteiger partial charge in [-0.3, -0.25) is 4.79 Å². The van der Waals surface area contributed by atoms with Crippen molar-refractivity contribution < 1.29 is 4.79 Å². The maximum atomic E-state index is 12.9. The first-order valence-corrected chi connectivity index (χ1v) is 10.0. The zero-order valence-electron chi connectivity index (χ0n) is 12.3. The van der Waals surface area contributed by atoms with Crippen molar-refractivity contribution in [1.82, 2.24) is 10.2 Å². The summed E-state index contributed by atoms with van der Waals surface area (Å²) in [5, 5.41) is 3.59. The Bertz CT molecular complexity index is 513. The van der Waals surface area contributed by atoms with Gasteiger partial charge in [-0.05, 0) is 56.0 Å². The van der Waals surface area contributed by atoms with Crippen molar-refractivity contribution in [1.29, 1.82) is 0 Å². The molecule has 1 N–H and O–H groups in total. The van der Waals surface area contributed by atoms with Crippen LogP contribution in [-0.2, 0) is 12.2 Å². The molecule has 4 heterocycles. The van der Waals surface area contributed by atoms with Crippen molar-refractivity contribution in [3.8, 4) is 0 Å². The van der Waals surface area contributed by atoms with Gasteiger partial charge in [-0.1, -0.05) is 0 Å². The molecule has 0 aliphatic carbocycles. The Balaban J connectivity index is 1.54. The molecular formula is C16H22N2OS2. The van der Waals surface area contributed by atoms with Crippen LogP contribution in [0.4, 0.5) is 0 Å². The lowest BCUT2D eigenvalue weighted by molar-refractivity contribution is 0.0716. The number of hydrogen-bond acceptors (Lipinski definition) is 4. The molecule has 3 aliphatic heterocycles. The van der Waals surface area contributed by atoms with Crippen LogP contribution in [0.3, 0.4) is 0 Å². The molecule has 114 valence electrons. The molecule has 2 fully saturated rings. The average Bonchev–Trinajstić information content (AvgIpc) is 3.23. The second-order valence-corrected chi connectivity index (χ2v) is 8.51. The minimum atomic E-state index is 0.288. The molecule has 1 aromatic rings. The lowest BCUT2D eigenvalue weighted by Gasteiger charge is -2.29.